The molecule has 0 aromatic heterocycles. The molecular weight excluding hydrogens is 397 g/mol. The molecule has 1 amide bonds. The van der Waals surface area contributed by atoms with Crippen LogP contribution in [-0.2, 0) is 10.4 Å². The monoisotopic (exact) mass is 427 g/mol. The van der Waals surface area contributed by atoms with Crippen molar-refractivity contribution in [1.29, 1.82) is 0 Å². The van der Waals surface area contributed by atoms with E-state index >= 15 is 0 Å². The van der Waals surface area contributed by atoms with Crippen LogP contribution in [-0.4, -0.2) is 24.1 Å². The van der Waals surface area contributed by atoms with Gasteiger partial charge in [-0.1, -0.05) is 25.1 Å². The number of aliphatic imine (C=N–C) groups is 1. The van der Waals surface area contributed by atoms with Gasteiger partial charge in [-0.3, -0.25) is 10.1 Å². The molecular formula is C24H30FN3O3. The fourth-order valence-electron chi connectivity index (χ4n) is 2.97. The minimum absolute atomic E-state index is 0.0940. The highest BCUT2D eigenvalue weighted by Gasteiger charge is 2.46. The Labute approximate surface area is 182 Å². The maximum atomic E-state index is 13.3. The van der Waals surface area contributed by atoms with Crippen LogP contribution in [0.4, 0.5) is 4.39 Å². The largest absolute Gasteiger partial charge is 0.497 e. The Morgan fingerprint density at radius 1 is 1.16 bits per heavy atom. The van der Waals surface area contributed by atoms with Crippen molar-refractivity contribution >= 4 is 17.6 Å². The van der Waals surface area contributed by atoms with Gasteiger partial charge in [-0.05, 0) is 69.2 Å². The summed E-state index contributed by atoms with van der Waals surface area (Å²) in [7, 11) is 1.59. The number of aliphatic hydroxyl groups is 1. The number of methoxy groups -OCH3 is 1. The van der Waals surface area contributed by atoms with Gasteiger partial charge >= 0.3 is 0 Å². The zero-order valence-corrected chi connectivity index (χ0v) is 18.6. The molecule has 31 heavy (non-hydrogen) atoms. The first-order valence-corrected chi connectivity index (χ1v) is 10.0. The lowest BCUT2D eigenvalue weighted by molar-refractivity contribution is -0.144. The normalized spacial score (nSPS) is 14.7. The van der Waals surface area contributed by atoms with Gasteiger partial charge in [0.25, 0.3) is 0 Å². The number of rotatable bonds is 7. The molecule has 0 aliphatic rings. The number of carbonyl (C=O) groups is 1. The summed E-state index contributed by atoms with van der Waals surface area (Å²) >= 11 is 0. The number of guanidine groups is 1. The summed E-state index contributed by atoms with van der Waals surface area (Å²) in [6, 6.07) is 12.7. The predicted molar refractivity (Wildman–Crippen MR) is 121 cm³/mol. The minimum Gasteiger partial charge on any atom is -0.497 e. The van der Waals surface area contributed by atoms with Crippen LogP contribution in [0.25, 0.3) is 5.70 Å². The van der Waals surface area contributed by atoms with Gasteiger partial charge in [0.05, 0.1) is 18.2 Å². The fraction of sp³-hybridized carbons (Fsp3) is 0.333. The lowest BCUT2D eigenvalue weighted by Crippen LogP contribution is -2.53. The Morgan fingerprint density at radius 3 is 2.26 bits per heavy atom. The van der Waals surface area contributed by atoms with Crippen LogP contribution in [0.3, 0.4) is 0 Å². The predicted octanol–water partition coefficient (Wildman–Crippen LogP) is 3.95. The molecule has 0 heterocycles. The number of nitrogens with two attached hydrogens (primary N) is 1. The van der Waals surface area contributed by atoms with Crippen LogP contribution in [0.15, 0.2) is 59.6 Å². The number of carbonyl (C=O) groups excluding carboxylic acids is 1. The highest BCUT2D eigenvalue weighted by Crippen LogP contribution is 2.39. The molecule has 0 fully saturated rings. The van der Waals surface area contributed by atoms with Crippen LogP contribution >= 0.6 is 0 Å². The lowest BCUT2D eigenvalue weighted by atomic mass is 9.71. The second-order valence-electron chi connectivity index (χ2n) is 7.88. The number of hydrogen-bond acceptors (Lipinski definition) is 4. The average molecular weight is 428 g/mol. The molecule has 166 valence electrons. The molecule has 0 radical (unpaired) electrons. The number of hydrogen-bond donors (Lipinski definition) is 3. The summed E-state index contributed by atoms with van der Waals surface area (Å²) < 4.78 is 18.4. The van der Waals surface area contributed by atoms with Crippen molar-refractivity contribution in [3.05, 3.63) is 71.6 Å². The van der Waals surface area contributed by atoms with Gasteiger partial charge in [0.1, 0.15) is 17.2 Å². The average Bonchev–Trinajstić information content (AvgIpc) is 2.73. The van der Waals surface area contributed by atoms with Crippen LogP contribution in [0.1, 0.15) is 45.2 Å². The van der Waals surface area contributed by atoms with Crippen molar-refractivity contribution < 1.29 is 19.0 Å². The first-order valence-electron chi connectivity index (χ1n) is 10.0. The summed E-state index contributed by atoms with van der Waals surface area (Å²) in [6.45, 7) is 6.65. The first kappa shape index (κ1) is 24.1. The van der Waals surface area contributed by atoms with Gasteiger partial charge in [-0.2, -0.15) is 0 Å². The minimum atomic E-state index is -1.58. The molecule has 0 saturated carbocycles. The standard InChI is InChI=1S/C24H30FN3O3/c1-6-7-20(16-8-14-19(31-5)15-9-16)27-22(26)28-21(29)23(2,3)24(4,30)17-10-12-18(25)13-11-17/h7-15,30H,6H2,1-5H3,(H3,26,27,28,29). The van der Waals surface area contributed by atoms with Crippen LogP contribution in [0.5, 0.6) is 5.75 Å². The molecule has 0 aliphatic carbocycles. The highest BCUT2D eigenvalue weighted by atomic mass is 19.1. The second kappa shape index (κ2) is 9.75. The van der Waals surface area contributed by atoms with Gasteiger partial charge < -0.3 is 15.6 Å². The van der Waals surface area contributed by atoms with Crippen molar-refractivity contribution in [3.63, 3.8) is 0 Å². The number of benzene rings is 2. The quantitative estimate of drug-likeness (QED) is 0.460. The van der Waals surface area contributed by atoms with Crippen molar-refractivity contribution in [2.45, 2.75) is 39.7 Å². The van der Waals surface area contributed by atoms with Crippen molar-refractivity contribution in [3.8, 4) is 5.75 Å². The molecule has 7 heteroatoms. The molecule has 0 bridgehead atoms. The SMILES string of the molecule is CCC=C(N=C(N)NC(=O)C(C)(C)C(C)(O)c1ccc(F)cc1)c1ccc(OC)cc1. The summed E-state index contributed by atoms with van der Waals surface area (Å²) in [5.41, 5.74) is 4.98. The number of nitrogens with zero attached hydrogens (tertiary/aromatic N) is 1. The molecule has 1 unspecified atom stereocenters. The fourth-order valence-corrected chi connectivity index (χ4v) is 2.97. The topological polar surface area (TPSA) is 96.9 Å². The Balaban J connectivity index is 2.25. The number of ether oxygens (including phenoxy) is 1. The van der Waals surface area contributed by atoms with E-state index in [1.165, 1.54) is 31.2 Å². The highest BCUT2D eigenvalue weighted by molar-refractivity contribution is 6.01. The maximum absolute atomic E-state index is 13.3. The van der Waals surface area contributed by atoms with Crippen LogP contribution in [0, 0.1) is 11.2 Å². The second-order valence-corrected chi connectivity index (χ2v) is 7.88. The smallest absolute Gasteiger partial charge is 0.235 e. The molecule has 4 N–H and O–H groups in total. The number of nitrogens with one attached hydrogen (secondary N) is 1. The van der Waals surface area contributed by atoms with E-state index in [0.717, 1.165) is 17.7 Å². The Morgan fingerprint density at radius 2 is 1.74 bits per heavy atom. The number of allylic oxidation sites excluding steroid dienone is 1. The van der Waals surface area contributed by atoms with E-state index in [1.807, 2.05) is 37.3 Å². The van der Waals surface area contributed by atoms with Crippen molar-refractivity contribution in [2.75, 3.05) is 7.11 Å². The van der Waals surface area contributed by atoms with Gasteiger partial charge in [0.15, 0.2) is 0 Å². The Kier molecular flexibility index (Phi) is 7.57. The molecule has 2 aromatic carbocycles. The zero-order chi connectivity index (χ0) is 23.2. The number of halogens is 1. The van der Waals surface area contributed by atoms with Crippen LogP contribution in [0.2, 0.25) is 0 Å². The summed E-state index contributed by atoms with van der Waals surface area (Å²) in [5.74, 6) is -0.321. The van der Waals surface area contributed by atoms with Gasteiger partial charge in [0.2, 0.25) is 11.9 Å². The molecule has 0 aliphatic heterocycles. The van der Waals surface area contributed by atoms with E-state index in [0.29, 0.717) is 11.3 Å². The first-order chi connectivity index (χ1) is 14.5. The molecule has 2 rings (SSSR count). The Bertz CT molecular complexity index is 963. The van der Waals surface area contributed by atoms with Gasteiger partial charge in [0, 0.05) is 5.56 Å². The summed E-state index contributed by atoms with van der Waals surface area (Å²) in [6.07, 6.45) is 2.61. The summed E-state index contributed by atoms with van der Waals surface area (Å²) in [4.78, 5) is 17.3. The van der Waals surface area contributed by atoms with E-state index in [1.54, 1.807) is 21.0 Å². The molecule has 6 nitrogen and oxygen atoms in total. The van der Waals surface area contributed by atoms with E-state index in [2.05, 4.69) is 10.3 Å². The molecule has 2 aromatic rings. The third-order valence-electron chi connectivity index (χ3n) is 5.46. The van der Waals surface area contributed by atoms with E-state index < -0.39 is 22.7 Å². The third kappa shape index (κ3) is 5.49. The molecule has 0 saturated heterocycles. The summed E-state index contributed by atoms with van der Waals surface area (Å²) in [5, 5.41) is 13.7. The van der Waals surface area contributed by atoms with E-state index in [-0.39, 0.29) is 5.96 Å². The third-order valence-corrected chi connectivity index (χ3v) is 5.46. The lowest BCUT2D eigenvalue weighted by Gasteiger charge is -2.39. The van der Waals surface area contributed by atoms with Crippen molar-refractivity contribution in [1.82, 2.24) is 5.32 Å². The molecule has 1 atom stereocenters. The van der Waals surface area contributed by atoms with Gasteiger partial charge in [-0.25, -0.2) is 9.38 Å². The molecule has 0 spiro atoms. The Hall–Kier alpha value is -3.19. The maximum Gasteiger partial charge on any atom is 0.235 e. The van der Waals surface area contributed by atoms with Crippen LogP contribution < -0.4 is 15.8 Å². The van der Waals surface area contributed by atoms with E-state index in [4.69, 9.17) is 10.5 Å². The van der Waals surface area contributed by atoms with E-state index in [9.17, 15) is 14.3 Å². The zero-order valence-electron chi connectivity index (χ0n) is 18.6. The number of amides is 1. The van der Waals surface area contributed by atoms with Crippen molar-refractivity contribution in [2.24, 2.45) is 16.1 Å². The van der Waals surface area contributed by atoms with Gasteiger partial charge in [-0.15, -0.1) is 0 Å².